The van der Waals surface area contributed by atoms with Gasteiger partial charge in [0.2, 0.25) is 0 Å². The molecule has 2 rings (SSSR count). The highest BCUT2D eigenvalue weighted by Crippen LogP contribution is 2.27. The Labute approximate surface area is 91.2 Å². The maximum atomic E-state index is 12.4. The molecule has 1 aromatic heterocycles. The summed E-state index contributed by atoms with van der Waals surface area (Å²) in [7, 11) is 0. The zero-order chi connectivity index (χ0) is 11.6. The third-order valence-corrected chi connectivity index (χ3v) is 2.39. The van der Waals surface area contributed by atoms with Crippen LogP contribution in [-0.2, 0) is 6.18 Å². The fourth-order valence-electron chi connectivity index (χ4n) is 1.61. The van der Waals surface area contributed by atoms with E-state index in [4.69, 9.17) is 0 Å². The third-order valence-electron chi connectivity index (χ3n) is 2.39. The number of alkyl halides is 3. The van der Waals surface area contributed by atoms with Crippen molar-refractivity contribution in [2.75, 3.05) is 13.1 Å². The molecule has 1 saturated heterocycles. The summed E-state index contributed by atoms with van der Waals surface area (Å²) in [5.74, 6) is 0. The average Bonchev–Trinajstić information content (AvgIpc) is 2.70. The lowest BCUT2D eigenvalue weighted by Crippen LogP contribution is -2.08. The van der Waals surface area contributed by atoms with Gasteiger partial charge in [-0.15, -0.1) is 0 Å². The Hall–Kier alpha value is -1.36. The van der Waals surface area contributed by atoms with Crippen molar-refractivity contribution in [1.29, 1.82) is 0 Å². The van der Waals surface area contributed by atoms with Crippen molar-refractivity contribution < 1.29 is 13.2 Å². The molecule has 0 radical (unpaired) electrons. The molecule has 2 heterocycles. The number of hydrogen-bond donors (Lipinski definition) is 1. The first-order valence-corrected chi connectivity index (χ1v) is 5.00. The normalized spacial score (nSPS) is 19.3. The van der Waals surface area contributed by atoms with E-state index in [9.17, 15) is 13.2 Å². The van der Waals surface area contributed by atoms with Crippen LogP contribution in [0.25, 0.3) is 6.08 Å². The standard InChI is InChI=1S/C11H11F3N2/c12-11(13,14)10-3-1-2-9(16-10)6-8-4-5-15-7-8/h1-3,6,15H,4-5,7H2/b8-6+. The molecule has 0 unspecified atom stereocenters. The predicted octanol–water partition coefficient (Wildman–Crippen LogP) is 2.48. The molecule has 16 heavy (non-hydrogen) atoms. The highest BCUT2D eigenvalue weighted by atomic mass is 19.4. The third kappa shape index (κ3) is 2.61. The smallest absolute Gasteiger partial charge is 0.313 e. The van der Waals surface area contributed by atoms with Gasteiger partial charge in [-0.05, 0) is 31.2 Å². The molecule has 1 aliphatic rings. The summed E-state index contributed by atoms with van der Waals surface area (Å²) < 4.78 is 37.2. The van der Waals surface area contributed by atoms with Crippen LogP contribution in [-0.4, -0.2) is 18.1 Å². The van der Waals surface area contributed by atoms with Crippen molar-refractivity contribution in [1.82, 2.24) is 10.3 Å². The quantitative estimate of drug-likeness (QED) is 0.798. The van der Waals surface area contributed by atoms with Gasteiger partial charge in [0.05, 0.1) is 5.69 Å². The van der Waals surface area contributed by atoms with Gasteiger partial charge in [-0.25, -0.2) is 4.98 Å². The summed E-state index contributed by atoms with van der Waals surface area (Å²) in [6, 6.07) is 3.94. The molecule has 0 bridgehead atoms. The van der Waals surface area contributed by atoms with Gasteiger partial charge in [-0.2, -0.15) is 13.2 Å². The van der Waals surface area contributed by atoms with E-state index >= 15 is 0 Å². The Morgan fingerprint density at radius 2 is 2.12 bits per heavy atom. The lowest BCUT2D eigenvalue weighted by atomic mass is 10.2. The number of pyridine rings is 1. The van der Waals surface area contributed by atoms with Gasteiger partial charge >= 0.3 is 6.18 Å². The largest absolute Gasteiger partial charge is 0.433 e. The minimum atomic E-state index is -4.37. The fourth-order valence-corrected chi connectivity index (χ4v) is 1.61. The average molecular weight is 228 g/mol. The van der Waals surface area contributed by atoms with Crippen LogP contribution in [0.1, 0.15) is 17.8 Å². The molecule has 0 spiro atoms. The Balaban J connectivity index is 2.25. The van der Waals surface area contributed by atoms with E-state index in [1.54, 1.807) is 12.1 Å². The Kier molecular flexibility index (Phi) is 2.96. The molecule has 0 atom stereocenters. The number of aromatic nitrogens is 1. The fraction of sp³-hybridized carbons (Fsp3) is 0.364. The lowest BCUT2D eigenvalue weighted by Gasteiger charge is -2.06. The first-order valence-electron chi connectivity index (χ1n) is 5.00. The Morgan fingerprint density at radius 1 is 1.31 bits per heavy atom. The summed E-state index contributed by atoms with van der Waals surface area (Å²) in [5.41, 5.74) is 0.619. The summed E-state index contributed by atoms with van der Waals surface area (Å²) in [5, 5.41) is 3.12. The first-order chi connectivity index (χ1) is 7.55. The molecule has 1 aromatic rings. The maximum Gasteiger partial charge on any atom is 0.433 e. The Morgan fingerprint density at radius 3 is 2.75 bits per heavy atom. The molecular formula is C11H11F3N2. The van der Waals surface area contributed by atoms with E-state index < -0.39 is 11.9 Å². The highest BCUT2D eigenvalue weighted by Gasteiger charge is 2.32. The van der Waals surface area contributed by atoms with Gasteiger partial charge in [0.15, 0.2) is 0 Å². The summed E-state index contributed by atoms with van der Waals surface area (Å²) >= 11 is 0. The van der Waals surface area contributed by atoms with Crippen molar-refractivity contribution in [3.05, 3.63) is 35.2 Å². The van der Waals surface area contributed by atoms with E-state index in [0.29, 0.717) is 5.69 Å². The number of halogens is 3. The second-order valence-electron chi connectivity index (χ2n) is 3.67. The van der Waals surface area contributed by atoms with Crippen LogP contribution < -0.4 is 5.32 Å². The first kappa shape index (κ1) is 11.1. The van der Waals surface area contributed by atoms with Crippen LogP contribution in [0.4, 0.5) is 13.2 Å². The topological polar surface area (TPSA) is 24.9 Å². The summed E-state index contributed by atoms with van der Waals surface area (Å²) in [6.07, 6.45) is -1.78. The second-order valence-corrected chi connectivity index (χ2v) is 3.67. The van der Waals surface area contributed by atoms with E-state index in [-0.39, 0.29) is 0 Å². The van der Waals surface area contributed by atoms with Crippen LogP contribution >= 0.6 is 0 Å². The molecule has 1 fully saturated rings. The van der Waals surface area contributed by atoms with E-state index in [1.807, 2.05) is 0 Å². The monoisotopic (exact) mass is 228 g/mol. The minimum Gasteiger partial charge on any atom is -0.313 e. The summed E-state index contributed by atoms with van der Waals surface area (Å²) in [6.45, 7) is 1.61. The highest BCUT2D eigenvalue weighted by molar-refractivity contribution is 5.50. The van der Waals surface area contributed by atoms with Crippen molar-refractivity contribution in [3.63, 3.8) is 0 Å². The molecule has 0 aliphatic carbocycles. The second kappa shape index (κ2) is 4.25. The van der Waals surface area contributed by atoms with Crippen molar-refractivity contribution in [2.24, 2.45) is 0 Å². The van der Waals surface area contributed by atoms with Crippen LogP contribution in [0.15, 0.2) is 23.8 Å². The Bertz CT molecular complexity index is 402. The zero-order valence-corrected chi connectivity index (χ0v) is 8.51. The molecule has 0 amide bonds. The maximum absolute atomic E-state index is 12.4. The van der Waals surface area contributed by atoms with Crippen molar-refractivity contribution in [3.8, 4) is 0 Å². The van der Waals surface area contributed by atoms with E-state index in [0.717, 1.165) is 31.1 Å². The molecule has 2 nitrogen and oxygen atoms in total. The zero-order valence-electron chi connectivity index (χ0n) is 8.51. The van der Waals surface area contributed by atoms with Crippen molar-refractivity contribution >= 4 is 6.08 Å². The van der Waals surface area contributed by atoms with Crippen LogP contribution in [0.2, 0.25) is 0 Å². The van der Waals surface area contributed by atoms with Crippen LogP contribution in [0.3, 0.4) is 0 Å². The minimum absolute atomic E-state index is 0.369. The molecule has 86 valence electrons. The number of hydrogen-bond acceptors (Lipinski definition) is 2. The van der Waals surface area contributed by atoms with Crippen molar-refractivity contribution in [2.45, 2.75) is 12.6 Å². The van der Waals surface area contributed by atoms with Crippen LogP contribution in [0, 0.1) is 0 Å². The van der Waals surface area contributed by atoms with Gasteiger partial charge in [0, 0.05) is 6.54 Å². The van der Waals surface area contributed by atoms with Gasteiger partial charge in [-0.3, -0.25) is 0 Å². The number of nitrogens with one attached hydrogen (secondary N) is 1. The van der Waals surface area contributed by atoms with E-state index in [1.165, 1.54) is 6.07 Å². The van der Waals surface area contributed by atoms with Gasteiger partial charge in [-0.1, -0.05) is 11.6 Å². The van der Waals surface area contributed by atoms with Gasteiger partial charge in [0.1, 0.15) is 5.69 Å². The molecule has 0 saturated carbocycles. The molecule has 1 N–H and O–H groups in total. The van der Waals surface area contributed by atoms with Gasteiger partial charge < -0.3 is 5.32 Å². The molecule has 5 heteroatoms. The number of rotatable bonds is 1. The summed E-state index contributed by atoms with van der Waals surface area (Å²) in [4.78, 5) is 3.58. The van der Waals surface area contributed by atoms with E-state index in [2.05, 4.69) is 10.3 Å². The number of nitrogens with zero attached hydrogens (tertiary/aromatic N) is 1. The van der Waals surface area contributed by atoms with Gasteiger partial charge in [0.25, 0.3) is 0 Å². The SMILES string of the molecule is FC(F)(F)c1cccc(/C=C2\CCNC2)n1. The lowest BCUT2D eigenvalue weighted by molar-refractivity contribution is -0.141. The molecule has 0 aromatic carbocycles. The molecular weight excluding hydrogens is 217 g/mol. The molecule has 1 aliphatic heterocycles. The van der Waals surface area contributed by atoms with Crippen LogP contribution in [0.5, 0.6) is 0 Å². The predicted molar refractivity (Wildman–Crippen MR) is 54.7 cm³/mol.